The van der Waals surface area contributed by atoms with Crippen molar-refractivity contribution >= 4 is 22.7 Å². The SMILES string of the molecule is CNc1cc(C(=O)On2nnc3ccccc32)n(C)c1. The van der Waals surface area contributed by atoms with Crippen molar-refractivity contribution in [3.8, 4) is 0 Å². The average Bonchev–Trinajstić information content (AvgIpc) is 3.03. The van der Waals surface area contributed by atoms with E-state index in [0.29, 0.717) is 16.7 Å². The fraction of sp³-hybridized carbons (Fsp3) is 0.154. The van der Waals surface area contributed by atoms with E-state index in [0.717, 1.165) is 10.5 Å². The highest BCUT2D eigenvalue weighted by molar-refractivity contribution is 5.89. The Balaban J connectivity index is 1.90. The summed E-state index contributed by atoms with van der Waals surface area (Å²) in [6.45, 7) is 0. The molecule has 0 fully saturated rings. The minimum atomic E-state index is -0.496. The largest absolute Gasteiger partial charge is 0.387 e. The number of rotatable bonds is 3. The van der Waals surface area contributed by atoms with Gasteiger partial charge in [-0.3, -0.25) is 0 Å². The number of hydrogen-bond donors (Lipinski definition) is 1. The van der Waals surface area contributed by atoms with Crippen LogP contribution in [0.3, 0.4) is 0 Å². The Kier molecular flexibility index (Phi) is 2.86. The van der Waals surface area contributed by atoms with Crippen molar-refractivity contribution in [1.29, 1.82) is 0 Å². The summed E-state index contributed by atoms with van der Waals surface area (Å²) >= 11 is 0. The van der Waals surface area contributed by atoms with E-state index in [-0.39, 0.29) is 0 Å². The monoisotopic (exact) mass is 271 g/mol. The van der Waals surface area contributed by atoms with Crippen LogP contribution in [0.4, 0.5) is 5.69 Å². The summed E-state index contributed by atoms with van der Waals surface area (Å²) in [4.78, 5) is 18.5. The van der Waals surface area contributed by atoms with Gasteiger partial charge in [0.25, 0.3) is 0 Å². The number of hydrogen-bond acceptors (Lipinski definition) is 5. The van der Waals surface area contributed by atoms with Crippen LogP contribution in [0.1, 0.15) is 10.5 Å². The van der Waals surface area contributed by atoms with Crippen molar-refractivity contribution in [2.75, 3.05) is 12.4 Å². The number of nitrogens with one attached hydrogen (secondary N) is 1. The van der Waals surface area contributed by atoms with E-state index in [2.05, 4.69) is 15.6 Å². The summed E-state index contributed by atoms with van der Waals surface area (Å²) in [7, 11) is 3.56. The van der Waals surface area contributed by atoms with Crippen LogP contribution in [0, 0.1) is 0 Å². The van der Waals surface area contributed by atoms with Crippen LogP contribution < -0.4 is 10.2 Å². The molecule has 1 N–H and O–H groups in total. The third kappa shape index (κ3) is 1.99. The van der Waals surface area contributed by atoms with E-state index < -0.39 is 5.97 Å². The molecule has 0 saturated heterocycles. The molecule has 0 unspecified atom stereocenters. The molecule has 0 atom stereocenters. The molecule has 1 aromatic carbocycles. The maximum atomic E-state index is 12.1. The highest BCUT2D eigenvalue weighted by atomic mass is 16.7. The Morgan fingerprint density at radius 3 is 2.90 bits per heavy atom. The van der Waals surface area contributed by atoms with Crippen molar-refractivity contribution in [2.24, 2.45) is 7.05 Å². The van der Waals surface area contributed by atoms with E-state index in [9.17, 15) is 4.79 Å². The maximum absolute atomic E-state index is 12.1. The molecule has 0 aliphatic rings. The molecule has 102 valence electrons. The van der Waals surface area contributed by atoms with Gasteiger partial charge in [-0.15, -0.1) is 5.10 Å². The molecule has 7 heteroatoms. The Bertz CT molecular complexity index is 774. The van der Waals surface area contributed by atoms with Gasteiger partial charge in [-0.2, -0.15) is 0 Å². The van der Waals surface area contributed by atoms with E-state index in [4.69, 9.17) is 4.84 Å². The molecular formula is C13H13N5O2. The lowest BCUT2D eigenvalue weighted by Gasteiger charge is -2.03. The summed E-state index contributed by atoms with van der Waals surface area (Å²) in [5, 5.41) is 10.7. The molecule has 3 aromatic rings. The van der Waals surface area contributed by atoms with E-state index in [1.54, 1.807) is 43.1 Å². The molecule has 0 aliphatic carbocycles. The molecule has 0 bridgehead atoms. The summed E-state index contributed by atoms with van der Waals surface area (Å²) in [5.74, 6) is -0.496. The van der Waals surface area contributed by atoms with Crippen LogP contribution >= 0.6 is 0 Å². The van der Waals surface area contributed by atoms with Gasteiger partial charge in [-0.1, -0.05) is 17.0 Å². The molecule has 2 aromatic heterocycles. The number of nitrogens with zero attached hydrogens (tertiary/aromatic N) is 4. The minimum Gasteiger partial charge on any atom is -0.387 e. The minimum absolute atomic E-state index is 0.425. The van der Waals surface area contributed by atoms with Crippen LogP contribution in [0.25, 0.3) is 11.0 Å². The first-order chi connectivity index (χ1) is 9.69. The van der Waals surface area contributed by atoms with Gasteiger partial charge in [0.05, 0.1) is 5.69 Å². The third-order valence-corrected chi connectivity index (χ3v) is 2.99. The molecule has 3 rings (SSSR count). The fourth-order valence-electron chi connectivity index (χ4n) is 1.94. The highest BCUT2D eigenvalue weighted by Crippen LogP contribution is 2.13. The Labute approximate surface area is 114 Å². The molecular weight excluding hydrogens is 258 g/mol. The summed E-state index contributed by atoms with van der Waals surface area (Å²) in [6, 6.07) is 8.97. The zero-order valence-corrected chi connectivity index (χ0v) is 11.1. The second-order valence-corrected chi connectivity index (χ2v) is 4.30. The number of benzene rings is 1. The van der Waals surface area contributed by atoms with E-state index in [1.165, 1.54) is 0 Å². The predicted molar refractivity (Wildman–Crippen MR) is 73.4 cm³/mol. The molecule has 0 aliphatic heterocycles. The Hall–Kier alpha value is -2.83. The smallest absolute Gasteiger partial charge is 0.382 e. The molecule has 0 saturated carbocycles. The quantitative estimate of drug-likeness (QED) is 0.722. The predicted octanol–water partition coefficient (Wildman–Crippen LogP) is 1.08. The Morgan fingerprint density at radius 2 is 2.15 bits per heavy atom. The first-order valence-corrected chi connectivity index (χ1v) is 6.06. The van der Waals surface area contributed by atoms with Crippen LogP contribution in [0.5, 0.6) is 0 Å². The van der Waals surface area contributed by atoms with Gasteiger partial charge in [0, 0.05) is 20.3 Å². The van der Waals surface area contributed by atoms with Gasteiger partial charge in [-0.25, -0.2) is 4.79 Å². The lowest BCUT2D eigenvalue weighted by Crippen LogP contribution is -2.22. The first-order valence-electron chi connectivity index (χ1n) is 6.06. The van der Waals surface area contributed by atoms with Crippen LogP contribution in [0.15, 0.2) is 36.5 Å². The first kappa shape index (κ1) is 12.2. The maximum Gasteiger partial charge on any atom is 0.382 e. The highest BCUT2D eigenvalue weighted by Gasteiger charge is 2.16. The second-order valence-electron chi connectivity index (χ2n) is 4.30. The number of carbonyl (C=O) groups is 1. The zero-order valence-electron chi connectivity index (χ0n) is 11.1. The van der Waals surface area contributed by atoms with Crippen molar-refractivity contribution in [1.82, 2.24) is 19.7 Å². The summed E-state index contributed by atoms with van der Waals surface area (Å²) in [5.41, 5.74) is 2.57. The van der Waals surface area contributed by atoms with Gasteiger partial charge >= 0.3 is 5.97 Å². The van der Waals surface area contributed by atoms with Crippen molar-refractivity contribution in [3.05, 3.63) is 42.2 Å². The van der Waals surface area contributed by atoms with Crippen LogP contribution in [0.2, 0.25) is 0 Å². The standard InChI is InChI=1S/C13H13N5O2/c1-14-9-7-12(17(2)8-9)13(19)20-18-11-6-4-3-5-10(11)15-16-18/h3-8,14H,1-2H3. The van der Waals surface area contributed by atoms with Crippen molar-refractivity contribution in [3.63, 3.8) is 0 Å². The van der Waals surface area contributed by atoms with E-state index in [1.807, 2.05) is 12.1 Å². The lowest BCUT2D eigenvalue weighted by atomic mass is 10.3. The summed E-state index contributed by atoms with van der Waals surface area (Å²) < 4.78 is 1.69. The number of fused-ring (bicyclic) bond motifs is 1. The number of anilines is 1. The number of aromatic nitrogens is 4. The third-order valence-electron chi connectivity index (χ3n) is 2.99. The number of para-hydroxylation sites is 1. The Morgan fingerprint density at radius 1 is 1.35 bits per heavy atom. The fourth-order valence-corrected chi connectivity index (χ4v) is 1.94. The molecule has 0 radical (unpaired) electrons. The molecule has 2 heterocycles. The van der Waals surface area contributed by atoms with Crippen LogP contribution in [-0.4, -0.2) is 32.7 Å². The average molecular weight is 271 g/mol. The number of carbonyl (C=O) groups excluding carboxylic acids is 1. The second kappa shape index (κ2) is 4.69. The normalized spacial score (nSPS) is 10.7. The van der Waals surface area contributed by atoms with Gasteiger partial charge in [-0.05, 0) is 23.4 Å². The van der Waals surface area contributed by atoms with Gasteiger partial charge < -0.3 is 14.7 Å². The van der Waals surface area contributed by atoms with Crippen LogP contribution in [-0.2, 0) is 7.05 Å². The lowest BCUT2D eigenvalue weighted by molar-refractivity contribution is 0.0398. The van der Waals surface area contributed by atoms with Gasteiger partial charge in [0.2, 0.25) is 0 Å². The van der Waals surface area contributed by atoms with Crippen molar-refractivity contribution < 1.29 is 9.63 Å². The number of aryl methyl sites for hydroxylation is 1. The topological polar surface area (TPSA) is 74.0 Å². The van der Waals surface area contributed by atoms with E-state index >= 15 is 0 Å². The molecule has 7 nitrogen and oxygen atoms in total. The molecule has 20 heavy (non-hydrogen) atoms. The molecule has 0 spiro atoms. The zero-order chi connectivity index (χ0) is 14.1. The summed E-state index contributed by atoms with van der Waals surface area (Å²) in [6.07, 6.45) is 1.80. The molecule has 0 amide bonds. The van der Waals surface area contributed by atoms with Gasteiger partial charge in [0.15, 0.2) is 0 Å². The van der Waals surface area contributed by atoms with Crippen molar-refractivity contribution in [2.45, 2.75) is 0 Å². The van der Waals surface area contributed by atoms with Gasteiger partial charge in [0.1, 0.15) is 16.7 Å².